The van der Waals surface area contributed by atoms with E-state index in [4.69, 9.17) is 4.99 Å². The zero-order chi connectivity index (χ0) is 18.1. The molecule has 0 aromatic heterocycles. The molecule has 1 saturated heterocycles. The fraction of sp³-hybridized carbons (Fsp3) is 0.650. The molecule has 1 heterocycles. The molecule has 4 nitrogen and oxygen atoms in total. The Balaban J connectivity index is 1.83. The van der Waals surface area contributed by atoms with E-state index in [1.165, 1.54) is 44.6 Å². The van der Waals surface area contributed by atoms with E-state index in [9.17, 15) is 4.39 Å². The predicted molar refractivity (Wildman–Crippen MR) is 103 cm³/mol. The number of benzene rings is 1. The van der Waals surface area contributed by atoms with Crippen LogP contribution >= 0.6 is 0 Å². The number of likely N-dealkylation sites (tertiary alicyclic amines) is 1. The summed E-state index contributed by atoms with van der Waals surface area (Å²) in [6, 6.07) is 6.68. The second-order valence-corrected chi connectivity index (χ2v) is 6.88. The summed E-state index contributed by atoms with van der Waals surface area (Å²) in [5.74, 6) is 1.54. The van der Waals surface area contributed by atoms with Gasteiger partial charge in [0, 0.05) is 26.7 Å². The van der Waals surface area contributed by atoms with Crippen LogP contribution in [0.25, 0.3) is 0 Å². The first kappa shape index (κ1) is 19.7. The van der Waals surface area contributed by atoms with Gasteiger partial charge in [-0.2, -0.15) is 0 Å². The monoisotopic (exact) mass is 348 g/mol. The van der Waals surface area contributed by atoms with Crippen LogP contribution < -0.4 is 5.32 Å². The summed E-state index contributed by atoms with van der Waals surface area (Å²) in [6.07, 6.45) is 3.76. The average Bonchev–Trinajstić information content (AvgIpc) is 2.63. The molecule has 0 bridgehead atoms. The van der Waals surface area contributed by atoms with E-state index >= 15 is 0 Å². The number of rotatable bonds is 7. The maximum atomic E-state index is 13.0. The van der Waals surface area contributed by atoms with Crippen molar-refractivity contribution < 1.29 is 4.39 Å². The highest BCUT2D eigenvalue weighted by molar-refractivity contribution is 5.79. The van der Waals surface area contributed by atoms with E-state index in [1.807, 2.05) is 19.2 Å². The Kier molecular flexibility index (Phi) is 8.19. The van der Waals surface area contributed by atoms with Crippen molar-refractivity contribution in [2.24, 2.45) is 10.9 Å². The van der Waals surface area contributed by atoms with E-state index in [2.05, 4.69) is 29.0 Å². The molecule has 0 amide bonds. The van der Waals surface area contributed by atoms with E-state index in [0.717, 1.165) is 43.5 Å². The molecule has 140 valence electrons. The molecule has 1 N–H and O–H groups in total. The van der Waals surface area contributed by atoms with Gasteiger partial charge in [0.05, 0.1) is 0 Å². The van der Waals surface area contributed by atoms with Crippen molar-refractivity contribution in [2.75, 3.05) is 39.8 Å². The summed E-state index contributed by atoms with van der Waals surface area (Å²) in [7, 11) is 2.03. The lowest BCUT2D eigenvalue weighted by molar-refractivity contribution is 0.188. The summed E-state index contributed by atoms with van der Waals surface area (Å²) in [6.45, 7) is 10.4. The van der Waals surface area contributed by atoms with Gasteiger partial charge in [-0.3, -0.25) is 4.99 Å². The van der Waals surface area contributed by atoms with Gasteiger partial charge in [0.1, 0.15) is 5.82 Å². The number of halogens is 1. The molecule has 1 aliphatic rings. The second-order valence-electron chi connectivity index (χ2n) is 6.88. The highest BCUT2D eigenvalue weighted by Gasteiger charge is 2.17. The fourth-order valence-corrected chi connectivity index (χ4v) is 3.35. The highest BCUT2D eigenvalue weighted by Crippen LogP contribution is 2.20. The summed E-state index contributed by atoms with van der Waals surface area (Å²) in [4.78, 5) is 9.44. The Morgan fingerprint density at radius 2 is 1.92 bits per heavy atom. The van der Waals surface area contributed by atoms with Crippen molar-refractivity contribution in [3.05, 3.63) is 35.6 Å². The first-order chi connectivity index (χ1) is 12.1. The summed E-state index contributed by atoms with van der Waals surface area (Å²) < 4.78 is 13.0. The molecule has 1 aromatic carbocycles. The molecule has 25 heavy (non-hydrogen) atoms. The number of nitrogens with zero attached hydrogens (tertiary/aromatic N) is 3. The van der Waals surface area contributed by atoms with Crippen LogP contribution in [0.15, 0.2) is 29.3 Å². The number of nitrogens with one attached hydrogen (secondary N) is 1. The molecule has 1 aromatic rings. The average molecular weight is 349 g/mol. The Labute approximate surface area is 152 Å². The fourth-order valence-electron chi connectivity index (χ4n) is 3.35. The maximum Gasteiger partial charge on any atom is 0.193 e. The molecular formula is C20H33FN4. The van der Waals surface area contributed by atoms with Crippen molar-refractivity contribution in [1.29, 1.82) is 0 Å². The van der Waals surface area contributed by atoms with E-state index in [1.54, 1.807) is 0 Å². The Hall–Kier alpha value is -1.62. The zero-order valence-corrected chi connectivity index (χ0v) is 16.0. The van der Waals surface area contributed by atoms with Crippen LogP contribution in [0.4, 0.5) is 4.39 Å². The van der Waals surface area contributed by atoms with Crippen molar-refractivity contribution in [2.45, 2.75) is 39.7 Å². The van der Waals surface area contributed by atoms with Crippen LogP contribution in [0.1, 0.15) is 38.7 Å². The lowest BCUT2D eigenvalue weighted by Gasteiger charge is -2.30. The van der Waals surface area contributed by atoms with Gasteiger partial charge in [-0.15, -0.1) is 0 Å². The van der Waals surface area contributed by atoms with E-state index < -0.39 is 0 Å². The minimum Gasteiger partial charge on any atom is -0.357 e. The molecule has 0 spiro atoms. The normalized spacial score (nSPS) is 16.9. The predicted octanol–water partition coefficient (Wildman–Crippen LogP) is 3.35. The van der Waals surface area contributed by atoms with Crippen LogP contribution in [-0.4, -0.2) is 55.5 Å². The van der Waals surface area contributed by atoms with Gasteiger partial charge in [-0.1, -0.05) is 19.1 Å². The van der Waals surface area contributed by atoms with Crippen LogP contribution in [0.3, 0.4) is 0 Å². The molecule has 1 fully saturated rings. The number of piperidine rings is 1. The number of hydrogen-bond acceptors (Lipinski definition) is 2. The van der Waals surface area contributed by atoms with Crippen LogP contribution in [0, 0.1) is 11.7 Å². The molecule has 0 saturated carbocycles. The van der Waals surface area contributed by atoms with Gasteiger partial charge in [-0.05, 0) is 69.4 Å². The Bertz CT molecular complexity index is 521. The van der Waals surface area contributed by atoms with Gasteiger partial charge in [-0.25, -0.2) is 4.39 Å². The third-order valence-corrected chi connectivity index (χ3v) is 4.98. The molecule has 0 atom stereocenters. The van der Waals surface area contributed by atoms with Crippen molar-refractivity contribution >= 4 is 5.96 Å². The van der Waals surface area contributed by atoms with Gasteiger partial charge >= 0.3 is 0 Å². The summed E-state index contributed by atoms with van der Waals surface area (Å²) >= 11 is 0. The summed E-state index contributed by atoms with van der Waals surface area (Å²) in [5.41, 5.74) is 1.08. The van der Waals surface area contributed by atoms with Gasteiger partial charge in [0.15, 0.2) is 5.96 Å². The van der Waals surface area contributed by atoms with Crippen molar-refractivity contribution in [1.82, 2.24) is 15.1 Å². The lowest BCUT2D eigenvalue weighted by Crippen LogP contribution is -2.38. The molecule has 0 aliphatic carbocycles. The number of hydrogen-bond donors (Lipinski definition) is 1. The van der Waals surface area contributed by atoms with Crippen molar-refractivity contribution in [3.8, 4) is 0 Å². The summed E-state index contributed by atoms with van der Waals surface area (Å²) in [5, 5.41) is 3.36. The Morgan fingerprint density at radius 1 is 1.24 bits per heavy atom. The lowest BCUT2D eigenvalue weighted by atomic mass is 9.94. The third kappa shape index (κ3) is 6.65. The third-order valence-electron chi connectivity index (χ3n) is 4.98. The first-order valence-corrected chi connectivity index (χ1v) is 9.58. The SMILES string of the molecule is CCNC(=NCCC1CCN(CC)CC1)N(C)Cc1ccc(F)cc1. The number of aliphatic imine (C=N–C) groups is 1. The van der Waals surface area contributed by atoms with Gasteiger partial charge in [0.2, 0.25) is 0 Å². The number of guanidine groups is 1. The van der Waals surface area contributed by atoms with Crippen molar-refractivity contribution in [3.63, 3.8) is 0 Å². The maximum absolute atomic E-state index is 13.0. The van der Waals surface area contributed by atoms with E-state index in [0.29, 0.717) is 0 Å². The van der Waals surface area contributed by atoms with E-state index in [-0.39, 0.29) is 5.82 Å². The van der Waals surface area contributed by atoms with Gasteiger partial charge < -0.3 is 15.1 Å². The standard InChI is InChI=1S/C20H33FN4/c1-4-22-20(24(3)16-18-6-8-19(21)9-7-18)23-13-10-17-11-14-25(5-2)15-12-17/h6-9,17H,4-5,10-16H2,1-3H3,(H,22,23). The topological polar surface area (TPSA) is 30.9 Å². The molecule has 5 heteroatoms. The van der Waals surface area contributed by atoms with Crippen LogP contribution in [0.2, 0.25) is 0 Å². The molecule has 0 unspecified atom stereocenters. The second kappa shape index (κ2) is 10.4. The van der Waals surface area contributed by atoms with Crippen LogP contribution in [0.5, 0.6) is 0 Å². The molecule has 1 aliphatic heterocycles. The minimum absolute atomic E-state index is 0.193. The zero-order valence-electron chi connectivity index (χ0n) is 16.0. The van der Waals surface area contributed by atoms with Gasteiger partial charge in [0.25, 0.3) is 0 Å². The Morgan fingerprint density at radius 3 is 2.52 bits per heavy atom. The largest absolute Gasteiger partial charge is 0.357 e. The van der Waals surface area contributed by atoms with Crippen LogP contribution in [-0.2, 0) is 6.54 Å². The minimum atomic E-state index is -0.193. The molecular weight excluding hydrogens is 315 g/mol. The quantitative estimate of drug-likeness (QED) is 0.606. The first-order valence-electron chi connectivity index (χ1n) is 9.58. The highest BCUT2D eigenvalue weighted by atomic mass is 19.1. The molecule has 2 rings (SSSR count). The smallest absolute Gasteiger partial charge is 0.193 e. The molecule has 0 radical (unpaired) electrons.